The average Bonchev–Trinajstić information content (AvgIpc) is 2.94. The Labute approximate surface area is 124 Å². The van der Waals surface area contributed by atoms with Gasteiger partial charge in [0.15, 0.2) is 0 Å². The first-order chi connectivity index (χ1) is 9.79. The van der Waals surface area contributed by atoms with Gasteiger partial charge in [-0.3, -0.25) is 14.9 Å². The highest BCUT2D eigenvalue weighted by Gasteiger charge is 2.19. The highest BCUT2D eigenvalue weighted by atomic mass is 32.1. The molecule has 0 saturated carbocycles. The van der Waals surface area contributed by atoms with Crippen molar-refractivity contribution in [3.63, 3.8) is 0 Å². The molecule has 1 aliphatic heterocycles. The van der Waals surface area contributed by atoms with Crippen LogP contribution in [0.2, 0.25) is 0 Å². The minimum absolute atomic E-state index is 0.828. The third kappa shape index (κ3) is 3.64. The van der Waals surface area contributed by atoms with Gasteiger partial charge in [-0.1, -0.05) is 0 Å². The second-order valence-electron chi connectivity index (χ2n) is 5.70. The van der Waals surface area contributed by atoms with Crippen LogP contribution in [-0.4, -0.2) is 28.0 Å². The molecule has 1 saturated heterocycles. The summed E-state index contributed by atoms with van der Waals surface area (Å²) in [6.07, 6.45) is 7.75. The Morgan fingerprint density at radius 2 is 2.20 bits per heavy atom. The predicted molar refractivity (Wildman–Crippen MR) is 82.8 cm³/mol. The van der Waals surface area contributed by atoms with Gasteiger partial charge in [0, 0.05) is 29.5 Å². The maximum atomic E-state index is 4.27. The van der Waals surface area contributed by atoms with Crippen LogP contribution in [0.15, 0.2) is 30.0 Å². The van der Waals surface area contributed by atoms with Gasteiger partial charge in [0.25, 0.3) is 0 Å². The molecule has 2 aromatic heterocycles. The molecule has 2 aromatic rings. The minimum Gasteiger partial charge on any atom is -0.298 e. The van der Waals surface area contributed by atoms with E-state index in [2.05, 4.69) is 33.9 Å². The summed E-state index contributed by atoms with van der Waals surface area (Å²) in [4.78, 5) is 12.4. The second kappa shape index (κ2) is 6.46. The zero-order chi connectivity index (χ0) is 13.8. The number of pyridine rings is 1. The third-order valence-electron chi connectivity index (χ3n) is 4.06. The maximum absolute atomic E-state index is 4.27. The molecule has 0 N–H and O–H groups in total. The Hall–Kier alpha value is -1.26. The van der Waals surface area contributed by atoms with Gasteiger partial charge in [-0.25, -0.2) is 0 Å². The summed E-state index contributed by atoms with van der Waals surface area (Å²) >= 11 is 1.76. The van der Waals surface area contributed by atoms with E-state index in [9.17, 15) is 0 Å². The van der Waals surface area contributed by atoms with E-state index in [0.29, 0.717) is 0 Å². The van der Waals surface area contributed by atoms with Crippen LogP contribution in [0.1, 0.15) is 29.0 Å². The Bertz CT molecular complexity index is 530. The molecule has 0 atom stereocenters. The molecule has 1 aliphatic rings. The Morgan fingerprint density at radius 3 is 2.90 bits per heavy atom. The van der Waals surface area contributed by atoms with Crippen LogP contribution in [-0.2, 0) is 13.0 Å². The van der Waals surface area contributed by atoms with E-state index in [4.69, 9.17) is 0 Å². The van der Waals surface area contributed by atoms with Crippen LogP contribution in [0.3, 0.4) is 0 Å². The van der Waals surface area contributed by atoms with Gasteiger partial charge in [-0.15, -0.1) is 11.3 Å². The van der Waals surface area contributed by atoms with E-state index in [-0.39, 0.29) is 0 Å². The Balaban J connectivity index is 1.48. The normalized spacial score (nSPS) is 17.4. The van der Waals surface area contributed by atoms with Crippen molar-refractivity contribution in [3.05, 3.63) is 46.2 Å². The third-order valence-corrected chi connectivity index (χ3v) is 4.82. The molecular weight excluding hydrogens is 266 g/mol. The molecule has 0 radical (unpaired) electrons. The van der Waals surface area contributed by atoms with Crippen molar-refractivity contribution in [3.8, 4) is 0 Å². The Morgan fingerprint density at radius 1 is 1.35 bits per heavy atom. The summed E-state index contributed by atoms with van der Waals surface area (Å²) in [7, 11) is 0. The van der Waals surface area contributed by atoms with Crippen LogP contribution in [0.4, 0.5) is 0 Å². The molecule has 1 fully saturated rings. The van der Waals surface area contributed by atoms with Crippen LogP contribution < -0.4 is 0 Å². The molecular formula is C16H21N3S. The van der Waals surface area contributed by atoms with Crippen LogP contribution in [0.5, 0.6) is 0 Å². The van der Waals surface area contributed by atoms with Crippen molar-refractivity contribution in [1.29, 1.82) is 0 Å². The van der Waals surface area contributed by atoms with E-state index < -0.39 is 0 Å². The monoisotopic (exact) mass is 287 g/mol. The molecule has 3 rings (SSSR count). The van der Waals surface area contributed by atoms with Crippen molar-refractivity contribution >= 4 is 11.3 Å². The predicted octanol–water partition coefficient (Wildman–Crippen LogP) is 3.30. The lowest BCUT2D eigenvalue weighted by molar-refractivity contribution is 0.178. The quantitative estimate of drug-likeness (QED) is 0.864. The van der Waals surface area contributed by atoms with E-state index in [1.807, 2.05) is 17.9 Å². The zero-order valence-corrected chi connectivity index (χ0v) is 12.8. The van der Waals surface area contributed by atoms with Gasteiger partial charge in [-0.2, -0.15) is 0 Å². The van der Waals surface area contributed by atoms with Crippen LogP contribution in [0, 0.1) is 12.8 Å². The first kappa shape index (κ1) is 13.7. The lowest BCUT2D eigenvalue weighted by Gasteiger charge is -2.31. The smallest absolute Gasteiger partial charge is 0.0794 e. The fraction of sp³-hybridized carbons (Fsp3) is 0.500. The zero-order valence-electron chi connectivity index (χ0n) is 12.0. The molecule has 106 valence electrons. The average molecular weight is 287 g/mol. The van der Waals surface area contributed by atoms with E-state index in [0.717, 1.165) is 18.2 Å². The fourth-order valence-electron chi connectivity index (χ4n) is 2.95. The van der Waals surface area contributed by atoms with Crippen LogP contribution in [0.25, 0.3) is 0 Å². The van der Waals surface area contributed by atoms with E-state index in [1.165, 1.54) is 42.8 Å². The highest BCUT2D eigenvalue weighted by molar-refractivity contribution is 7.09. The van der Waals surface area contributed by atoms with Crippen LogP contribution >= 0.6 is 11.3 Å². The number of hydrogen-bond acceptors (Lipinski definition) is 4. The first-order valence-electron chi connectivity index (χ1n) is 7.31. The number of thiazole rings is 1. The number of rotatable bonds is 4. The highest BCUT2D eigenvalue weighted by Crippen LogP contribution is 2.23. The topological polar surface area (TPSA) is 29.0 Å². The molecule has 3 heterocycles. The lowest BCUT2D eigenvalue weighted by Crippen LogP contribution is -2.33. The van der Waals surface area contributed by atoms with Gasteiger partial charge in [0.2, 0.25) is 0 Å². The molecule has 0 bridgehead atoms. The summed E-state index contributed by atoms with van der Waals surface area (Å²) in [5.74, 6) is 0.828. The standard InChI is InChI=1S/C16H21N3S/c1-13-8-15(2-5-18-13)9-14-3-6-19(7-4-14)11-16-10-17-12-20-16/h2,5,8,10,12,14H,3-4,6-7,9,11H2,1H3. The molecule has 0 spiro atoms. The molecule has 0 aromatic carbocycles. The number of hydrogen-bond donors (Lipinski definition) is 0. The minimum atomic E-state index is 0.828. The van der Waals surface area contributed by atoms with Gasteiger partial charge in [-0.05, 0) is 62.9 Å². The summed E-state index contributed by atoms with van der Waals surface area (Å²) in [6.45, 7) is 5.58. The second-order valence-corrected chi connectivity index (χ2v) is 6.67. The summed E-state index contributed by atoms with van der Waals surface area (Å²) < 4.78 is 0. The first-order valence-corrected chi connectivity index (χ1v) is 8.19. The number of nitrogens with zero attached hydrogens (tertiary/aromatic N) is 3. The van der Waals surface area contributed by atoms with E-state index >= 15 is 0 Å². The number of likely N-dealkylation sites (tertiary alicyclic amines) is 1. The van der Waals surface area contributed by atoms with Gasteiger partial charge in [0.1, 0.15) is 0 Å². The SMILES string of the molecule is Cc1cc(CC2CCN(Cc3cncs3)CC2)ccn1. The summed E-state index contributed by atoms with van der Waals surface area (Å²) in [6, 6.07) is 4.39. The van der Waals surface area contributed by atoms with Crippen molar-refractivity contribution in [2.75, 3.05) is 13.1 Å². The molecule has 3 nitrogen and oxygen atoms in total. The molecule has 0 aliphatic carbocycles. The maximum Gasteiger partial charge on any atom is 0.0794 e. The van der Waals surface area contributed by atoms with Gasteiger partial charge >= 0.3 is 0 Å². The largest absolute Gasteiger partial charge is 0.298 e. The van der Waals surface area contributed by atoms with E-state index in [1.54, 1.807) is 11.3 Å². The summed E-state index contributed by atoms with van der Waals surface area (Å²) in [5.41, 5.74) is 4.50. The number of aromatic nitrogens is 2. The van der Waals surface area contributed by atoms with Gasteiger partial charge in [0.05, 0.1) is 5.51 Å². The van der Waals surface area contributed by atoms with Crippen molar-refractivity contribution < 1.29 is 0 Å². The van der Waals surface area contributed by atoms with Crippen molar-refractivity contribution in [2.45, 2.75) is 32.7 Å². The molecule has 20 heavy (non-hydrogen) atoms. The molecule has 0 unspecified atom stereocenters. The van der Waals surface area contributed by atoms with Gasteiger partial charge < -0.3 is 0 Å². The fourth-order valence-corrected chi connectivity index (χ4v) is 3.59. The Kier molecular flexibility index (Phi) is 4.43. The summed E-state index contributed by atoms with van der Waals surface area (Å²) in [5, 5.41) is 0. The molecule has 4 heteroatoms. The number of piperidine rings is 1. The van der Waals surface area contributed by atoms with Crippen molar-refractivity contribution in [1.82, 2.24) is 14.9 Å². The molecule has 0 amide bonds. The van der Waals surface area contributed by atoms with Crippen molar-refractivity contribution in [2.24, 2.45) is 5.92 Å². The lowest BCUT2D eigenvalue weighted by atomic mass is 9.90. The number of aryl methyl sites for hydroxylation is 1.